The Morgan fingerprint density at radius 3 is 2.92 bits per heavy atom. The van der Waals surface area contributed by atoms with Gasteiger partial charge in [0, 0.05) is 43.2 Å². The number of methoxy groups -OCH3 is 1. The van der Waals surface area contributed by atoms with Gasteiger partial charge in [-0.1, -0.05) is 24.2 Å². The number of hydrogen-bond donors (Lipinski definition) is 0. The van der Waals surface area contributed by atoms with Crippen LogP contribution in [0.5, 0.6) is 5.75 Å². The summed E-state index contributed by atoms with van der Waals surface area (Å²) in [5, 5.41) is 4.07. The van der Waals surface area contributed by atoms with Crippen LogP contribution in [0, 0.1) is 11.3 Å². The number of ether oxygens (including phenoxy) is 1. The molecule has 3 heterocycles. The lowest BCUT2D eigenvalue weighted by Gasteiger charge is -2.23. The maximum absolute atomic E-state index is 12.8. The zero-order valence-corrected chi connectivity index (χ0v) is 14.9. The first kappa shape index (κ1) is 16.1. The minimum absolute atomic E-state index is 0.0695. The van der Waals surface area contributed by atoms with Crippen LogP contribution < -0.4 is 4.74 Å². The number of aromatic nitrogens is 1. The number of carbonyl (C=O) groups excluding carboxylic acids is 1. The van der Waals surface area contributed by atoms with Gasteiger partial charge in [0.1, 0.15) is 11.4 Å². The molecule has 0 spiro atoms. The minimum atomic E-state index is -0.0695. The lowest BCUT2D eigenvalue weighted by atomic mass is 9.83. The van der Waals surface area contributed by atoms with Crippen molar-refractivity contribution in [3.63, 3.8) is 0 Å². The molecular weight excluding hydrogens is 318 g/mol. The summed E-state index contributed by atoms with van der Waals surface area (Å²) in [6.45, 7) is 5.92. The lowest BCUT2D eigenvalue weighted by molar-refractivity contribution is 0.0724. The number of rotatable bonds is 3. The van der Waals surface area contributed by atoms with Gasteiger partial charge >= 0.3 is 0 Å². The van der Waals surface area contributed by atoms with E-state index in [1.165, 1.54) is 0 Å². The van der Waals surface area contributed by atoms with E-state index in [1.807, 2.05) is 29.2 Å². The van der Waals surface area contributed by atoms with Crippen LogP contribution in [0.25, 0.3) is 11.3 Å². The van der Waals surface area contributed by atoms with Crippen LogP contribution in [0.3, 0.4) is 0 Å². The molecule has 0 bridgehead atoms. The zero-order valence-electron chi connectivity index (χ0n) is 14.9. The van der Waals surface area contributed by atoms with E-state index in [2.05, 4.69) is 24.0 Å². The second kappa shape index (κ2) is 5.88. The van der Waals surface area contributed by atoms with Crippen molar-refractivity contribution in [1.82, 2.24) is 15.0 Å². The van der Waals surface area contributed by atoms with E-state index in [4.69, 9.17) is 9.26 Å². The van der Waals surface area contributed by atoms with Gasteiger partial charge in [-0.3, -0.25) is 4.79 Å². The fraction of sp³-hybridized carbons (Fsp3) is 0.474. The number of carbonyl (C=O) groups is 1. The lowest BCUT2D eigenvalue weighted by Crippen LogP contribution is -2.34. The van der Waals surface area contributed by atoms with Crippen LogP contribution in [-0.4, -0.2) is 61.2 Å². The van der Waals surface area contributed by atoms with Crippen LogP contribution in [0.15, 0.2) is 34.9 Å². The van der Waals surface area contributed by atoms with Crippen molar-refractivity contribution in [1.29, 1.82) is 0 Å². The summed E-state index contributed by atoms with van der Waals surface area (Å²) >= 11 is 0. The van der Waals surface area contributed by atoms with Gasteiger partial charge in [-0.25, -0.2) is 0 Å². The summed E-state index contributed by atoms with van der Waals surface area (Å²) in [7, 11) is 3.77. The van der Waals surface area contributed by atoms with Gasteiger partial charge in [0.25, 0.3) is 5.91 Å². The van der Waals surface area contributed by atoms with Crippen LogP contribution in [-0.2, 0) is 0 Å². The molecule has 25 heavy (non-hydrogen) atoms. The van der Waals surface area contributed by atoms with E-state index in [0.29, 0.717) is 17.4 Å². The van der Waals surface area contributed by atoms with E-state index >= 15 is 0 Å². The average molecular weight is 341 g/mol. The SMILES string of the molecule is COc1cccc(-c2cc(C(=O)N3C[C@@H]4CN(C)C[C@]4(C)C3)on2)c1. The molecule has 0 saturated carbocycles. The highest BCUT2D eigenvalue weighted by Gasteiger charge is 2.49. The molecule has 0 aliphatic carbocycles. The Hall–Kier alpha value is -2.34. The Labute approximate surface area is 147 Å². The first-order valence-corrected chi connectivity index (χ1v) is 8.57. The van der Waals surface area contributed by atoms with Crippen LogP contribution in [0.4, 0.5) is 0 Å². The van der Waals surface area contributed by atoms with Crippen LogP contribution in [0.2, 0.25) is 0 Å². The minimum Gasteiger partial charge on any atom is -0.497 e. The van der Waals surface area contributed by atoms with Crippen molar-refractivity contribution in [2.24, 2.45) is 11.3 Å². The second-order valence-corrected chi connectivity index (χ2v) is 7.54. The van der Waals surface area contributed by atoms with Gasteiger partial charge in [0.15, 0.2) is 0 Å². The molecule has 1 aromatic carbocycles. The molecule has 0 radical (unpaired) electrons. The predicted molar refractivity (Wildman–Crippen MR) is 93.5 cm³/mol. The summed E-state index contributed by atoms with van der Waals surface area (Å²) in [5.74, 6) is 1.51. The maximum Gasteiger partial charge on any atom is 0.292 e. The molecule has 2 aliphatic rings. The molecule has 4 rings (SSSR count). The van der Waals surface area contributed by atoms with E-state index in [1.54, 1.807) is 13.2 Å². The molecule has 6 heteroatoms. The number of likely N-dealkylation sites (tertiary alicyclic amines) is 2. The van der Waals surface area contributed by atoms with Crippen LogP contribution >= 0.6 is 0 Å². The van der Waals surface area contributed by atoms with Gasteiger partial charge in [-0.15, -0.1) is 0 Å². The Morgan fingerprint density at radius 1 is 1.32 bits per heavy atom. The molecule has 6 nitrogen and oxygen atoms in total. The molecule has 132 valence electrons. The van der Waals surface area contributed by atoms with Gasteiger partial charge in [0.05, 0.1) is 7.11 Å². The fourth-order valence-corrected chi connectivity index (χ4v) is 4.24. The molecule has 1 aromatic heterocycles. The zero-order chi connectivity index (χ0) is 17.6. The summed E-state index contributed by atoms with van der Waals surface area (Å²) in [6.07, 6.45) is 0. The largest absolute Gasteiger partial charge is 0.497 e. The molecule has 2 saturated heterocycles. The maximum atomic E-state index is 12.8. The van der Waals surface area contributed by atoms with Crippen molar-refractivity contribution < 1.29 is 14.1 Å². The molecule has 2 aromatic rings. The predicted octanol–water partition coefficient (Wildman–Crippen LogP) is 2.37. The number of amides is 1. The second-order valence-electron chi connectivity index (χ2n) is 7.54. The van der Waals surface area contributed by atoms with Crippen molar-refractivity contribution in [3.8, 4) is 17.0 Å². The highest BCUT2D eigenvalue weighted by Crippen LogP contribution is 2.41. The Kier molecular flexibility index (Phi) is 3.80. The molecule has 1 amide bonds. The van der Waals surface area contributed by atoms with Crippen molar-refractivity contribution >= 4 is 5.91 Å². The number of hydrogen-bond acceptors (Lipinski definition) is 5. The van der Waals surface area contributed by atoms with Gasteiger partial charge in [0.2, 0.25) is 5.76 Å². The van der Waals surface area contributed by atoms with E-state index in [0.717, 1.165) is 37.5 Å². The van der Waals surface area contributed by atoms with Crippen molar-refractivity contribution in [3.05, 3.63) is 36.1 Å². The number of benzene rings is 1. The van der Waals surface area contributed by atoms with Gasteiger partial charge < -0.3 is 19.1 Å². The number of fused-ring (bicyclic) bond motifs is 1. The smallest absolute Gasteiger partial charge is 0.292 e. The third-order valence-electron chi connectivity index (χ3n) is 5.52. The number of nitrogens with zero attached hydrogens (tertiary/aromatic N) is 3. The monoisotopic (exact) mass is 341 g/mol. The van der Waals surface area contributed by atoms with Gasteiger partial charge in [-0.2, -0.15) is 0 Å². The standard InChI is InChI=1S/C19H23N3O3/c1-19-11-21(2)9-14(19)10-22(12-19)18(23)17-8-16(20-25-17)13-5-4-6-15(7-13)24-3/h4-8,14H,9-12H2,1-3H3/t14-,19+/m0/s1. The molecule has 0 N–H and O–H groups in total. The van der Waals surface area contributed by atoms with Gasteiger partial charge in [-0.05, 0) is 25.1 Å². The first-order valence-electron chi connectivity index (χ1n) is 8.57. The first-order chi connectivity index (χ1) is 12.0. The normalized spacial score (nSPS) is 26.0. The Morgan fingerprint density at radius 2 is 2.16 bits per heavy atom. The summed E-state index contributed by atoms with van der Waals surface area (Å²) in [5.41, 5.74) is 1.70. The molecule has 2 atom stereocenters. The van der Waals surface area contributed by atoms with Crippen molar-refractivity contribution in [2.75, 3.05) is 40.3 Å². The third kappa shape index (κ3) is 2.80. The van der Waals surface area contributed by atoms with Crippen LogP contribution in [0.1, 0.15) is 17.5 Å². The van der Waals surface area contributed by atoms with E-state index < -0.39 is 0 Å². The summed E-state index contributed by atoms with van der Waals surface area (Å²) < 4.78 is 10.6. The summed E-state index contributed by atoms with van der Waals surface area (Å²) in [4.78, 5) is 17.1. The topological polar surface area (TPSA) is 58.8 Å². The highest BCUT2D eigenvalue weighted by molar-refractivity contribution is 5.92. The van der Waals surface area contributed by atoms with E-state index in [-0.39, 0.29) is 11.3 Å². The quantitative estimate of drug-likeness (QED) is 0.858. The summed E-state index contributed by atoms with van der Waals surface area (Å²) in [6, 6.07) is 9.29. The molecule has 0 unspecified atom stereocenters. The van der Waals surface area contributed by atoms with E-state index in [9.17, 15) is 4.79 Å². The molecule has 2 aliphatic heterocycles. The Bertz CT molecular complexity index is 803. The Balaban J connectivity index is 1.52. The highest BCUT2D eigenvalue weighted by atomic mass is 16.5. The third-order valence-corrected chi connectivity index (χ3v) is 5.52. The average Bonchev–Trinajstić information content (AvgIpc) is 3.26. The van der Waals surface area contributed by atoms with Crippen molar-refractivity contribution in [2.45, 2.75) is 6.92 Å². The molecular formula is C19H23N3O3. The fourth-order valence-electron chi connectivity index (χ4n) is 4.24. The molecule has 2 fully saturated rings.